The SMILES string of the molecule is CCCCn1cnc(-c2ccc(C)nc2)c1N. The zero-order valence-corrected chi connectivity index (χ0v) is 10.3. The van der Waals surface area contributed by atoms with Gasteiger partial charge in [-0.2, -0.15) is 0 Å². The Morgan fingerprint density at radius 3 is 2.76 bits per heavy atom. The van der Waals surface area contributed by atoms with Crippen molar-refractivity contribution in [3.8, 4) is 11.3 Å². The maximum absolute atomic E-state index is 6.09. The van der Waals surface area contributed by atoms with E-state index in [1.165, 1.54) is 0 Å². The number of hydrogen-bond donors (Lipinski definition) is 1. The summed E-state index contributed by atoms with van der Waals surface area (Å²) in [6, 6.07) is 3.98. The molecule has 0 unspecified atom stereocenters. The number of rotatable bonds is 4. The molecule has 2 aromatic heterocycles. The van der Waals surface area contributed by atoms with Crippen molar-refractivity contribution >= 4 is 5.82 Å². The summed E-state index contributed by atoms with van der Waals surface area (Å²) >= 11 is 0. The summed E-state index contributed by atoms with van der Waals surface area (Å²) in [6.07, 6.45) is 5.89. The monoisotopic (exact) mass is 230 g/mol. The summed E-state index contributed by atoms with van der Waals surface area (Å²) in [5, 5.41) is 0. The third kappa shape index (κ3) is 2.46. The minimum atomic E-state index is 0.726. The van der Waals surface area contributed by atoms with Gasteiger partial charge in [0.05, 0.1) is 6.33 Å². The molecule has 0 aliphatic carbocycles. The van der Waals surface area contributed by atoms with Gasteiger partial charge in [-0.1, -0.05) is 13.3 Å². The molecule has 2 heterocycles. The molecule has 0 saturated heterocycles. The largest absolute Gasteiger partial charge is 0.383 e. The Labute approximate surface area is 102 Å². The predicted octanol–water partition coefficient (Wildman–Crippen LogP) is 2.64. The molecule has 0 aromatic carbocycles. The molecule has 0 saturated carbocycles. The Kier molecular flexibility index (Phi) is 3.42. The molecular formula is C13H18N4. The number of aryl methyl sites for hydroxylation is 2. The first kappa shape index (κ1) is 11.6. The van der Waals surface area contributed by atoms with Crippen molar-refractivity contribution in [3.63, 3.8) is 0 Å². The third-order valence-corrected chi connectivity index (χ3v) is 2.82. The van der Waals surface area contributed by atoms with E-state index in [9.17, 15) is 0 Å². The van der Waals surface area contributed by atoms with Crippen molar-refractivity contribution in [2.24, 2.45) is 0 Å². The zero-order chi connectivity index (χ0) is 12.3. The number of imidazole rings is 1. The maximum atomic E-state index is 6.09. The van der Waals surface area contributed by atoms with Crippen LogP contribution in [0.4, 0.5) is 5.82 Å². The molecule has 2 N–H and O–H groups in total. The highest BCUT2D eigenvalue weighted by atomic mass is 15.1. The Hall–Kier alpha value is -1.84. The third-order valence-electron chi connectivity index (χ3n) is 2.82. The van der Waals surface area contributed by atoms with Crippen molar-refractivity contribution in [1.29, 1.82) is 0 Å². The van der Waals surface area contributed by atoms with Crippen LogP contribution in [0.25, 0.3) is 11.3 Å². The van der Waals surface area contributed by atoms with Crippen molar-refractivity contribution in [1.82, 2.24) is 14.5 Å². The van der Waals surface area contributed by atoms with Crippen molar-refractivity contribution < 1.29 is 0 Å². The zero-order valence-electron chi connectivity index (χ0n) is 10.3. The molecule has 90 valence electrons. The molecule has 4 nitrogen and oxygen atoms in total. The Morgan fingerprint density at radius 2 is 2.12 bits per heavy atom. The molecule has 0 atom stereocenters. The first-order valence-corrected chi connectivity index (χ1v) is 5.96. The Balaban J connectivity index is 2.27. The van der Waals surface area contributed by atoms with Crippen molar-refractivity contribution in [3.05, 3.63) is 30.4 Å². The van der Waals surface area contributed by atoms with Crippen LogP contribution in [0.1, 0.15) is 25.5 Å². The summed E-state index contributed by atoms with van der Waals surface area (Å²) in [6.45, 7) is 5.06. The molecular weight excluding hydrogens is 212 g/mol. The first-order chi connectivity index (χ1) is 8.22. The number of nitrogens with zero attached hydrogens (tertiary/aromatic N) is 3. The Bertz CT molecular complexity index is 485. The molecule has 0 radical (unpaired) electrons. The molecule has 0 fully saturated rings. The molecule has 0 amide bonds. The summed E-state index contributed by atoms with van der Waals surface area (Å²) in [5.74, 6) is 0.726. The van der Waals surface area contributed by atoms with E-state index in [1.807, 2.05) is 29.8 Å². The van der Waals surface area contributed by atoms with Gasteiger partial charge in [-0.15, -0.1) is 0 Å². The summed E-state index contributed by atoms with van der Waals surface area (Å²) in [7, 11) is 0. The highest BCUT2D eigenvalue weighted by molar-refractivity contribution is 5.69. The number of anilines is 1. The number of unbranched alkanes of at least 4 members (excludes halogenated alkanes) is 1. The summed E-state index contributed by atoms with van der Waals surface area (Å²) in [5.41, 5.74) is 8.89. The molecule has 0 bridgehead atoms. The summed E-state index contributed by atoms with van der Waals surface area (Å²) in [4.78, 5) is 8.63. The second kappa shape index (κ2) is 4.99. The highest BCUT2D eigenvalue weighted by Gasteiger charge is 2.09. The van der Waals surface area contributed by atoms with Crippen LogP contribution in [0.5, 0.6) is 0 Å². The average Bonchev–Trinajstić information content (AvgIpc) is 2.69. The van der Waals surface area contributed by atoms with Crippen LogP contribution in [0.15, 0.2) is 24.7 Å². The van der Waals surface area contributed by atoms with Crippen LogP contribution in [0.3, 0.4) is 0 Å². The van der Waals surface area contributed by atoms with Gasteiger partial charge >= 0.3 is 0 Å². The van der Waals surface area contributed by atoms with Gasteiger partial charge in [0.25, 0.3) is 0 Å². The van der Waals surface area contributed by atoms with Gasteiger partial charge < -0.3 is 10.3 Å². The van der Waals surface area contributed by atoms with Crippen LogP contribution in [-0.4, -0.2) is 14.5 Å². The number of aromatic nitrogens is 3. The maximum Gasteiger partial charge on any atom is 0.131 e. The van der Waals surface area contributed by atoms with Gasteiger partial charge in [-0.05, 0) is 25.5 Å². The van der Waals surface area contributed by atoms with E-state index in [0.29, 0.717) is 0 Å². The quantitative estimate of drug-likeness (QED) is 0.878. The molecule has 0 aliphatic rings. The first-order valence-electron chi connectivity index (χ1n) is 5.96. The minimum Gasteiger partial charge on any atom is -0.383 e. The van der Waals surface area contributed by atoms with Gasteiger partial charge in [0, 0.05) is 24.0 Å². The van der Waals surface area contributed by atoms with E-state index in [0.717, 1.165) is 42.2 Å². The second-order valence-electron chi connectivity index (χ2n) is 4.21. The number of nitrogens with two attached hydrogens (primary N) is 1. The van der Waals surface area contributed by atoms with E-state index in [-0.39, 0.29) is 0 Å². The minimum absolute atomic E-state index is 0.726. The lowest BCUT2D eigenvalue weighted by atomic mass is 10.2. The van der Waals surface area contributed by atoms with Gasteiger partial charge in [0.15, 0.2) is 0 Å². The molecule has 0 aliphatic heterocycles. The van der Waals surface area contributed by atoms with E-state index < -0.39 is 0 Å². The second-order valence-corrected chi connectivity index (χ2v) is 4.21. The van der Waals surface area contributed by atoms with Crippen molar-refractivity contribution in [2.45, 2.75) is 33.2 Å². The average molecular weight is 230 g/mol. The van der Waals surface area contributed by atoms with Crippen molar-refractivity contribution in [2.75, 3.05) is 5.73 Å². The van der Waals surface area contributed by atoms with E-state index in [1.54, 1.807) is 6.33 Å². The molecule has 2 rings (SSSR count). The van der Waals surface area contributed by atoms with E-state index >= 15 is 0 Å². The normalized spacial score (nSPS) is 10.7. The molecule has 4 heteroatoms. The fourth-order valence-corrected chi connectivity index (χ4v) is 1.73. The van der Waals surface area contributed by atoms with E-state index in [2.05, 4.69) is 16.9 Å². The van der Waals surface area contributed by atoms with Gasteiger partial charge in [0.2, 0.25) is 0 Å². The van der Waals surface area contributed by atoms with Crippen LogP contribution >= 0.6 is 0 Å². The topological polar surface area (TPSA) is 56.7 Å². The lowest BCUT2D eigenvalue weighted by Gasteiger charge is -2.04. The van der Waals surface area contributed by atoms with Gasteiger partial charge in [0.1, 0.15) is 11.5 Å². The fourth-order valence-electron chi connectivity index (χ4n) is 1.73. The van der Waals surface area contributed by atoms with Crippen LogP contribution in [0, 0.1) is 6.92 Å². The fraction of sp³-hybridized carbons (Fsp3) is 0.385. The molecule has 0 spiro atoms. The van der Waals surface area contributed by atoms with Crippen LogP contribution in [-0.2, 0) is 6.54 Å². The van der Waals surface area contributed by atoms with Gasteiger partial charge in [-0.25, -0.2) is 4.98 Å². The highest BCUT2D eigenvalue weighted by Crippen LogP contribution is 2.23. The van der Waals surface area contributed by atoms with Crippen LogP contribution < -0.4 is 5.73 Å². The summed E-state index contributed by atoms with van der Waals surface area (Å²) < 4.78 is 2.00. The molecule has 2 aromatic rings. The predicted molar refractivity (Wildman–Crippen MR) is 69.5 cm³/mol. The molecule has 17 heavy (non-hydrogen) atoms. The smallest absolute Gasteiger partial charge is 0.131 e. The lowest BCUT2D eigenvalue weighted by molar-refractivity contribution is 0.637. The number of hydrogen-bond acceptors (Lipinski definition) is 3. The number of nitrogen functional groups attached to an aromatic ring is 1. The standard InChI is InChI=1S/C13H18N4/c1-3-4-7-17-9-16-12(13(17)14)11-6-5-10(2)15-8-11/h5-6,8-9H,3-4,7,14H2,1-2H3. The van der Waals surface area contributed by atoms with E-state index in [4.69, 9.17) is 5.73 Å². The number of pyridine rings is 1. The lowest BCUT2D eigenvalue weighted by Crippen LogP contribution is -2.02. The Morgan fingerprint density at radius 1 is 1.29 bits per heavy atom. The van der Waals surface area contributed by atoms with Gasteiger partial charge in [-0.3, -0.25) is 4.98 Å². The van der Waals surface area contributed by atoms with Crippen LogP contribution in [0.2, 0.25) is 0 Å².